The van der Waals surface area contributed by atoms with Gasteiger partial charge in [-0.2, -0.15) is 0 Å². The van der Waals surface area contributed by atoms with Crippen LogP contribution in [-0.4, -0.2) is 49.1 Å². The number of carbonyl (C=O) groups excluding carboxylic acids is 2. The van der Waals surface area contributed by atoms with Crippen molar-refractivity contribution in [2.24, 2.45) is 0 Å². The fourth-order valence-corrected chi connectivity index (χ4v) is 3.46. The molecule has 0 aliphatic carbocycles. The van der Waals surface area contributed by atoms with Crippen LogP contribution >= 0.6 is 0 Å². The van der Waals surface area contributed by atoms with Gasteiger partial charge in [0.05, 0.1) is 24.3 Å². The standard InChI is InChI=1S/C22H23NO5/c1-27-14-8-13-23-19(15-9-4-3-5-10-15)18(21(25)22(23)26)20(24)16-11-6-7-12-17(16)28-2/h3-7,9-12,19,24H,8,13-14H2,1-2H3/b20-18-. The van der Waals surface area contributed by atoms with Gasteiger partial charge >= 0.3 is 0 Å². The quantitative estimate of drug-likeness (QED) is 0.345. The Morgan fingerprint density at radius 3 is 2.39 bits per heavy atom. The van der Waals surface area contributed by atoms with Crippen LogP contribution in [0.15, 0.2) is 60.2 Å². The fourth-order valence-electron chi connectivity index (χ4n) is 3.46. The lowest BCUT2D eigenvalue weighted by molar-refractivity contribution is -0.140. The molecule has 1 atom stereocenters. The minimum Gasteiger partial charge on any atom is -0.507 e. The molecule has 2 aromatic carbocycles. The Balaban J connectivity index is 2.14. The molecule has 146 valence electrons. The molecule has 1 amide bonds. The largest absolute Gasteiger partial charge is 0.507 e. The van der Waals surface area contributed by atoms with E-state index in [4.69, 9.17) is 9.47 Å². The molecule has 2 aromatic rings. The number of carbonyl (C=O) groups is 2. The van der Waals surface area contributed by atoms with Crippen molar-refractivity contribution >= 4 is 17.4 Å². The third kappa shape index (κ3) is 3.64. The van der Waals surface area contributed by atoms with Crippen LogP contribution in [0, 0.1) is 0 Å². The summed E-state index contributed by atoms with van der Waals surface area (Å²) in [5, 5.41) is 11.0. The van der Waals surface area contributed by atoms with Crippen molar-refractivity contribution in [1.82, 2.24) is 4.90 Å². The van der Waals surface area contributed by atoms with Gasteiger partial charge in [-0.15, -0.1) is 0 Å². The highest BCUT2D eigenvalue weighted by atomic mass is 16.5. The molecule has 0 saturated carbocycles. The lowest BCUT2D eigenvalue weighted by Gasteiger charge is -2.25. The summed E-state index contributed by atoms with van der Waals surface area (Å²) in [5.74, 6) is -1.13. The van der Waals surface area contributed by atoms with Gasteiger partial charge < -0.3 is 19.5 Å². The first-order valence-corrected chi connectivity index (χ1v) is 9.05. The Labute approximate surface area is 164 Å². The smallest absolute Gasteiger partial charge is 0.295 e. The lowest BCUT2D eigenvalue weighted by atomic mass is 9.95. The number of aliphatic hydroxyl groups is 1. The first-order chi connectivity index (χ1) is 13.6. The van der Waals surface area contributed by atoms with Crippen LogP contribution in [0.2, 0.25) is 0 Å². The van der Waals surface area contributed by atoms with E-state index in [1.54, 1.807) is 31.4 Å². The molecule has 1 aliphatic rings. The monoisotopic (exact) mass is 381 g/mol. The van der Waals surface area contributed by atoms with Gasteiger partial charge in [-0.1, -0.05) is 42.5 Å². The first kappa shape index (κ1) is 19.6. The van der Waals surface area contributed by atoms with Crippen molar-refractivity contribution in [2.75, 3.05) is 27.4 Å². The Morgan fingerprint density at radius 2 is 1.71 bits per heavy atom. The topological polar surface area (TPSA) is 76.1 Å². The number of nitrogens with zero attached hydrogens (tertiary/aromatic N) is 1. The fraction of sp³-hybridized carbons (Fsp3) is 0.273. The summed E-state index contributed by atoms with van der Waals surface area (Å²) in [7, 11) is 3.08. The highest BCUT2D eigenvalue weighted by molar-refractivity contribution is 6.46. The van der Waals surface area contributed by atoms with Crippen LogP contribution in [0.4, 0.5) is 0 Å². The van der Waals surface area contributed by atoms with E-state index in [9.17, 15) is 14.7 Å². The average Bonchev–Trinajstić information content (AvgIpc) is 2.99. The molecule has 28 heavy (non-hydrogen) atoms. The number of Topliss-reactive ketones (excluding diaryl/α,β-unsaturated/α-hetero) is 1. The summed E-state index contributed by atoms with van der Waals surface area (Å²) >= 11 is 0. The Bertz CT molecular complexity index is 891. The summed E-state index contributed by atoms with van der Waals surface area (Å²) in [6.45, 7) is 0.817. The zero-order valence-electron chi connectivity index (χ0n) is 15.9. The van der Waals surface area contributed by atoms with Gasteiger partial charge in [-0.05, 0) is 24.1 Å². The number of para-hydroxylation sites is 1. The number of aliphatic hydroxyl groups excluding tert-OH is 1. The second-order valence-corrected chi connectivity index (χ2v) is 6.45. The molecule has 6 nitrogen and oxygen atoms in total. The Hall–Kier alpha value is -3.12. The van der Waals surface area contributed by atoms with Gasteiger partial charge in [0.2, 0.25) is 0 Å². The van der Waals surface area contributed by atoms with Crippen molar-refractivity contribution in [3.63, 3.8) is 0 Å². The maximum Gasteiger partial charge on any atom is 0.295 e. The van der Waals surface area contributed by atoms with E-state index >= 15 is 0 Å². The molecule has 0 radical (unpaired) electrons. The van der Waals surface area contributed by atoms with Crippen molar-refractivity contribution in [3.05, 3.63) is 71.3 Å². The number of amides is 1. The zero-order chi connectivity index (χ0) is 20.1. The number of methoxy groups -OCH3 is 2. The van der Waals surface area contributed by atoms with Crippen LogP contribution in [0.3, 0.4) is 0 Å². The van der Waals surface area contributed by atoms with E-state index in [0.717, 1.165) is 5.56 Å². The van der Waals surface area contributed by atoms with Gasteiger partial charge in [0, 0.05) is 20.3 Å². The predicted molar refractivity (Wildman–Crippen MR) is 105 cm³/mol. The van der Waals surface area contributed by atoms with Crippen LogP contribution in [-0.2, 0) is 14.3 Å². The van der Waals surface area contributed by atoms with Gasteiger partial charge in [0.25, 0.3) is 11.7 Å². The number of likely N-dealkylation sites (tertiary alicyclic amines) is 1. The molecule has 6 heteroatoms. The number of hydrogen-bond donors (Lipinski definition) is 1. The number of hydrogen-bond acceptors (Lipinski definition) is 5. The third-order valence-corrected chi connectivity index (χ3v) is 4.76. The lowest BCUT2D eigenvalue weighted by Crippen LogP contribution is -2.31. The minimum absolute atomic E-state index is 0.0677. The zero-order valence-corrected chi connectivity index (χ0v) is 15.9. The SMILES string of the molecule is COCCCN1C(=O)C(=O)/C(=C(\O)c2ccccc2OC)C1c1ccccc1. The summed E-state index contributed by atoms with van der Waals surface area (Å²) in [4.78, 5) is 27.1. The van der Waals surface area contributed by atoms with E-state index in [1.165, 1.54) is 12.0 Å². The highest BCUT2D eigenvalue weighted by Gasteiger charge is 2.45. The van der Waals surface area contributed by atoms with Crippen LogP contribution in [0.5, 0.6) is 5.75 Å². The molecule has 1 saturated heterocycles. The average molecular weight is 381 g/mol. The second-order valence-electron chi connectivity index (χ2n) is 6.45. The van der Waals surface area contributed by atoms with Gasteiger partial charge in [-0.3, -0.25) is 9.59 Å². The van der Waals surface area contributed by atoms with E-state index in [1.807, 2.05) is 30.3 Å². The number of benzene rings is 2. The summed E-state index contributed by atoms with van der Waals surface area (Å²) < 4.78 is 10.4. The van der Waals surface area contributed by atoms with Crippen LogP contribution in [0.25, 0.3) is 5.76 Å². The Kier molecular flexibility index (Phi) is 6.11. The third-order valence-electron chi connectivity index (χ3n) is 4.76. The second kappa shape index (κ2) is 8.71. The van der Waals surface area contributed by atoms with Crippen molar-refractivity contribution in [3.8, 4) is 5.75 Å². The summed E-state index contributed by atoms with van der Waals surface area (Å²) in [5.41, 5.74) is 1.20. The van der Waals surface area contributed by atoms with Gasteiger partial charge in [0.1, 0.15) is 11.5 Å². The van der Waals surface area contributed by atoms with E-state index < -0.39 is 17.7 Å². The number of ether oxygens (including phenoxy) is 2. The van der Waals surface area contributed by atoms with Gasteiger partial charge in [0.15, 0.2) is 0 Å². The van der Waals surface area contributed by atoms with Crippen molar-refractivity contribution < 1.29 is 24.2 Å². The normalized spacial score (nSPS) is 18.5. The van der Waals surface area contributed by atoms with Crippen LogP contribution in [0.1, 0.15) is 23.6 Å². The predicted octanol–water partition coefficient (Wildman–Crippen LogP) is 3.15. The number of rotatable bonds is 7. The van der Waals surface area contributed by atoms with E-state index in [-0.39, 0.29) is 11.3 Å². The van der Waals surface area contributed by atoms with Gasteiger partial charge in [-0.25, -0.2) is 0 Å². The highest BCUT2D eigenvalue weighted by Crippen LogP contribution is 2.40. The van der Waals surface area contributed by atoms with E-state index in [2.05, 4.69) is 0 Å². The molecule has 1 N–H and O–H groups in total. The summed E-state index contributed by atoms with van der Waals surface area (Å²) in [6, 6.07) is 15.4. The molecule has 1 fully saturated rings. The molecule has 0 aromatic heterocycles. The molecule has 1 unspecified atom stereocenters. The molecule has 1 heterocycles. The van der Waals surface area contributed by atoms with Crippen molar-refractivity contribution in [2.45, 2.75) is 12.5 Å². The maximum atomic E-state index is 12.9. The minimum atomic E-state index is -0.699. The number of ketones is 1. The first-order valence-electron chi connectivity index (χ1n) is 9.05. The molecular formula is C22H23NO5. The molecule has 0 spiro atoms. The molecule has 0 bridgehead atoms. The van der Waals surface area contributed by atoms with Crippen molar-refractivity contribution in [1.29, 1.82) is 0 Å². The summed E-state index contributed by atoms with van der Waals surface area (Å²) in [6.07, 6.45) is 0.585. The van der Waals surface area contributed by atoms with Crippen LogP contribution < -0.4 is 4.74 Å². The Morgan fingerprint density at radius 1 is 1.04 bits per heavy atom. The maximum absolute atomic E-state index is 12.9. The molecule has 3 rings (SSSR count). The molecular weight excluding hydrogens is 358 g/mol. The molecule has 1 aliphatic heterocycles. The van der Waals surface area contributed by atoms with E-state index in [0.29, 0.717) is 30.9 Å².